The van der Waals surface area contributed by atoms with Crippen molar-refractivity contribution in [3.05, 3.63) is 118 Å². The first-order valence-electron chi connectivity index (χ1n) is 18.7. The summed E-state index contributed by atoms with van der Waals surface area (Å²) in [5.41, 5.74) is 1.70. The molecule has 0 radical (unpaired) electrons. The summed E-state index contributed by atoms with van der Waals surface area (Å²) in [7, 11) is 2.98. The number of carbonyl (C=O) groups is 5. The summed E-state index contributed by atoms with van der Waals surface area (Å²) in [5, 5.41) is 5.35. The molecule has 298 valence electrons. The van der Waals surface area contributed by atoms with Crippen molar-refractivity contribution in [1.29, 1.82) is 0 Å². The number of amides is 6. The molecule has 4 fully saturated rings. The fourth-order valence-electron chi connectivity index (χ4n) is 7.87. The molecular weight excluding hydrogens is 776 g/mol. The molecule has 2 saturated carbocycles. The molecule has 4 aromatic rings. The number of benzene rings is 2. The molecule has 2 aliphatic heterocycles. The molecule has 0 bridgehead atoms. The third kappa shape index (κ3) is 6.40. The highest BCUT2D eigenvalue weighted by Gasteiger charge is 2.62. The fourth-order valence-corrected chi connectivity index (χ4v) is 8.34. The molecule has 2 saturated heterocycles. The van der Waals surface area contributed by atoms with E-state index in [-0.39, 0.29) is 34.6 Å². The van der Waals surface area contributed by atoms with Crippen LogP contribution in [0.4, 0.5) is 43.6 Å². The average Bonchev–Trinajstić information content (AvgIpc) is 3.59. The molecule has 4 heterocycles. The molecule has 0 atom stereocenters. The highest BCUT2D eigenvalue weighted by atomic mass is 32.1. The summed E-state index contributed by atoms with van der Waals surface area (Å²) in [6, 6.07) is 13.7. The highest BCUT2D eigenvalue weighted by Crippen LogP contribution is 2.49. The quantitative estimate of drug-likeness (QED) is 0.123. The van der Waals surface area contributed by atoms with Gasteiger partial charge in [0.05, 0.1) is 16.9 Å². The fraction of sp³-hybridized carbons (Fsp3) is 0.286. The number of thiocarbonyl (C=S) groups is 1. The van der Waals surface area contributed by atoms with Gasteiger partial charge in [-0.05, 0) is 130 Å². The Balaban J connectivity index is 0.000000179. The summed E-state index contributed by atoms with van der Waals surface area (Å²) in [6.07, 6.45) is 6.90. The Morgan fingerprint density at radius 3 is 1.66 bits per heavy atom. The lowest BCUT2D eigenvalue weighted by Gasteiger charge is -2.43. The van der Waals surface area contributed by atoms with E-state index in [1.54, 1.807) is 45.2 Å². The van der Waals surface area contributed by atoms with Gasteiger partial charge in [-0.3, -0.25) is 29.0 Å². The van der Waals surface area contributed by atoms with E-state index in [0.29, 0.717) is 59.0 Å². The summed E-state index contributed by atoms with van der Waals surface area (Å²) < 4.78 is 14.6. The van der Waals surface area contributed by atoms with Crippen LogP contribution in [-0.4, -0.2) is 69.9 Å². The van der Waals surface area contributed by atoms with Crippen molar-refractivity contribution in [2.24, 2.45) is 0 Å². The first-order chi connectivity index (χ1) is 28.3. The van der Waals surface area contributed by atoms with Crippen molar-refractivity contribution in [2.75, 3.05) is 33.7 Å². The second-order valence-corrected chi connectivity index (χ2v) is 14.9. The molecule has 59 heavy (non-hydrogen) atoms. The minimum atomic E-state index is -1.08. The topological polar surface area (TPSA) is 157 Å². The monoisotopic (exact) mass is 812 g/mol. The van der Waals surface area contributed by atoms with Gasteiger partial charge >= 0.3 is 6.03 Å². The Labute approximate surface area is 344 Å². The van der Waals surface area contributed by atoms with Gasteiger partial charge in [0.15, 0.2) is 5.11 Å². The number of pyridine rings is 2. The van der Waals surface area contributed by atoms with E-state index in [1.807, 2.05) is 17.0 Å². The van der Waals surface area contributed by atoms with Gasteiger partial charge in [-0.25, -0.2) is 14.1 Å². The Morgan fingerprint density at radius 2 is 1.20 bits per heavy atom. The first-order valence-corrected chi connectivity index (χ1v) is 19.1. The molecule has 2 spiro atoms. The number of halogens is 1. The second kappa shape index (κ2) is 15.3. The van der Waals surface area contributed by atoms with Crippen LogP contribution in [0, 0.1) is 32.8 Å². The van der Waals surface area contributed by atoms with Crippen molar-refractivity contribution in [1.82, 2.24) is 20.6 Å². The molecule has 2 aliphatic carbocycles. The lowest BCUT2D eigenvalue weighted by atomic mass is 9.75. The third-order valence-electron chi connectivity index (χ3n) is 11.3. The number of nitrogens with one attached hydrogen (secondary N) is 2. The van der Waals surface area contributed by atoms with Gasteiger partial charge in [-0.2, -0.15) is 0 Å². The number of aromatic nitrogens is 2. The zero-order valence-corrected chi connectivity index (χ0v) is 33.3. The Kier molecular flexibility index (Phi) is 10.4. The largest absolute Gasteiger partial charge is 0.360 e. The number of rotatable bonds is 6. The molecule has 4 aliphatic rings. The standard InChI is InChI=1S/C21H18FN5O3.C21H19N5O2S/c1-12-9-14(11-25-17(12)23-2)26-19(29)21(7-4-8-21)27(20(26)30)13-5-6-15(16(22)10-13)18(28)24-3;1-13-11-16(12-24-17(13)22-2)25-19(28)21(9-4-10-21)26(20(25)29)15-7-5-14(6-8-15)18(27)23-3/h5-6,9-11H,4,7-8H2,1,3H3,(H,24,28);5-8,11-12H,4,9-10H2,1,3H3,(H,23,27). The van der Waals surface area contributed by atoms with Crippen molar-refractivity contribution in [2.45, 2.75) is 63.5 Å². The molecule has 2 aromatic carbocycles. The Hall–Kier alpha value is -7.11. The zero-order valence-electron chi connectivity index (χ0n) is 32.5. The SMILES string of the molecule is [C-]#[N+]c1ncc(N2C(=O)C3(CCC3)N(c3ccc(C(=O)NC)cc3)C2=S)cc1C.[C-]#[N+]c1ncc(N2C(=O)N(c3ccc(C(=O)NC)c(F)c3)C3(CCC3)C2=O)cc1C. The van der Waals surface area contributed by atoms with Gasteiger partial charge < -0.3 is 25.2 Å². The highest BCUT2D eigenvalue weighted by molar-refractivity contribution is 7.81. The lowest BCUT2D eigenvalue weighted by Crippen LogP contribution is -2.55. The van der Waals surface area contributed by atoms with Gasteiger partial charge in [0.2, 0.25) is 0 Å². The van der Waals surface area contributed by atoms with Crippen molar-refractivity contribution in [3.63, 3.8) is 0 Å². The van der Waals surface area contributed by atoms with Gasteiger partial charge in [-0.15, -0.1) is 9.97 Å². The Bertz CT molecular complexity index is 2560. The molecule has 2 N–H and O–H groups in total. The van der Waals surface area contributed by atoms with Crippen molar-refractivity contribution in [3.8, 4) is 0 Å². The normalized spacial score (nSPS) is 17.2. The van der Waals surface area contributed by atoms with Gasteiger partial charge in [-0.1, -0.05) is 13.1 Å². The minimum Gasteiger partial charge on any atom is -0.360 e. The summed E-state index contributed by atoms with van der Waals surface area (Å²) in [6.45, 7) is 17.8. The van der Waals surface area contributed by atoms with E-state index in [4.69, 9.17) is 25.4 Å². The summed E-state index contributed by atoms with van der Waals surface area (Å²) >= 11 is 5.73. The van der Waals surface area contributed by atoms with E-state index >= 15 is 0 Å². The maximum Gasteiger partial charge on any atom is 0.337 e. The van der Waals surface area contributed by atoms with E-state index in [0.717, 1.165) is 29.5 Å². The van der Waals surface area contributed by atoms with Crippen LogP contribution in [0.25, 0.3) is 9.69 Å². The number of nitrogens with zero attached hydrogens (tertiary/aromatic N) is 8. The molecule has 17 heteroatoms. The van der Waals surface area contributed by atoms with Gasteiger partial charge in [0.25, 0.3) is 35.3 Å². The van der Waals surface area contributed by atoms with Crippen LogP contribution in [0.1, 0.15) is 70.4 Å². The number of aryl methyl sites for hydroxylation is 2. The van der Waals surface area contributed by atoms with E-state index < -0.39 is 34.7 Å². The zero-order chi connectivity index (χ0) is 42.4. The molecule has 8 rings (SSSR count). The summed E-state index contributed by atoms with van der Waals surface area (Å²) in [4.78, 5) is 84.3. The van der Waals surface area contributed by atoms with Crippen LogP contribution < -0.4 is 30.2 Å². The smallest absolute Gasteiger partial charge is 0.337 e. The number of hydrogen-bond acceptors (Lipinski definition) is 8. The van der Waals surface area contributed by atoms with E-state index in [9.17, 15) is 28.4 Å². The van der Waals surface area contributed by atoms with Crippen LogP contribution in [0.2, 0.25) is 0 Å². The number of carbonyl (C=O) groups excluding carboxylic acids is 5. The van der Waals surface area contributed by atoms with Crippen molar-refractivity contribution < 1.29 is 28.4 Å². The predicted molar refractivity (Wildman–Crippen MR) is 221 cm³/mol. The summed E-state index contributed by atoms with van der Waals surface area (Å²) in [5.74, 6) is -1.49. The van der Waals surface area contributed by atoms with Crippen LogP contribution >= 0.6 is 12.2 Å². The van der Waals surface area contributed by atoms with Gasteiger partial charge in [0.1, 0.15) is 29.3 Å². The van der Waals surface area contributed by atoms with Gasteiger partial charge in [0, 0.05) is 31.0 Å². The third-order valence-corrected chi connectivity index (χ3v) is 11.6. The number of anilines is 4. The van der Waals surface area contributed by atoms with Crippen LogP contribution in [-0.2, 0) is 9.59 Å². The maximum absolute atomic E-state index is 14.6. The lowest BCUT2D eigenvalue weighted by molar-refractivity contribution is -0.124. The molecule has 2 aromatic heterocycles. The molecule has 0 unspecified atom stereocenters. The van der Waals surface area contributed by atoms with Crippen LogP contribution in [0.5, 0.6) is 0 Å². The predicted octanol–water partition coefficient (Wildman–Crippen LogP) is 6.70. The van der Waals surface area contributed by atoms with E-state index in [1.165, 1.54) is 41.4 Å². The van der Waals surface area contributed by atoms with Crippen LogP contribution in [0.3, 0.4) is 0 Å². The molecule has 15 nitrogen and oxygen atoms in total. The average molecular weight is 813 g/mol. The second-order valence-electron chi connectivity index (χ2n) is 14.5. The van der Waals surface area contributed by atoms with Crippen molar-refractivity contribution >= 4 is 81.4 Å². The number of urea groups is 1. The van der Waals surface area contributed by atoms with Crippen LogP contribution in [0.15, 0.2) is 67.0 Å². The molecular formula is C42H37FN10O5S. The number of imide groups is 1. The first kappa shape index (κ1) is 40.1. The Morgan fingerprint density at radius 1 is 0.712 bits per heavy atom. The maximum atomic E-state index is 14.6. The van der Waals surface area contributed by atoms with E-state index in [2.05, 4.69) is 30.3 Å². The number of hydrogen-bond donors (Lipinski definition) is 2. The minimum absolute atomic E-state index is 0.0686. The molecule has 6 amide bonds.